The number of nitrogens with one attached hydrogen (secondary N) is 4. The molecule has 5 rings (SSSR count). The number of halogens is 1. The lowest BCUT2D eigenvalue weighted by atomic mass is 10.0. The third-order valence-corrected chi connectivity index (χ3v) is 6.87. The van der Waals surface area contributed by atoms with Crippen LogP contribution in [0.5, 0.6) is 0 Å². The second-order valence-electron chi connectivity index (χ2n) is 9.50. The number of carboxylic acid groups (broad SMARTS) is 1. The fourth-order valence-corrected chi connectivity index (χ4v) is 4.48. The molecule has 0 aliphatic carbocycles. The van der Waals surface area contributed by atoms with E-state index in [1.165, 1.54) is 36.4 Å². The van der Waals surface area contributed by atoms with E-state index < -0.39 is 46.4 Å². The van der Waals surface area contributed by atoms with Crippen molar-refractivity contribution in [2.24, 2.45) is 5.73 Å². The molecule has 0 unspecified atom stereocenters. The van der Waals surface area contributed by atoms with E-state index in [4.69, 9.17) is 28.8 Å². The topological polar surface area (TPSA) is 257 Å². The number of aromatic nitrogens is 4. The highest BCUT2D eigenvalue weighted by Gasteiger charge is 2.25. The van der Waals surface area contributed by atoms with Gasteiger partial charge in [0.2, 0.25) is 10.7 Å². The largest absolute Gasteiger partial charge is 0.478 e. The van der Waals surface area contributed by atoms with Crippen LogP contribution in [0.15, 0.2) is 58.1 Å². The van der Waals surface area contributed by atoms with Crippen LogP contribution in [-0.2, 0) is 11.3 Å². The lowest BCUT2D eigenvalue weighted by molar-refractivity contribution is -0.120. The molecule has 0 spiro atoms. The van der Waals surface area contributed by atoms with Crippen LogP contribution in [-0.4, -0.2) is 48.4 Å². The third kappa shape index (κ3) is 5.84. The Morgan fingerprint density at radius 3 is 2.40 bits per heavy atom. The Kier molecular flexibility index (Phi) is 7.89. The lowest BCUT2D eigenvalue weighted by Gasteiger charge is -2.16. The summed E-state index contributed by atoms with van der Waals surface area (Å²) in [6.45, 7) is -0.165. The number of benzene rings is 2. The fourth-order valence-electron chi connectivity index (χ4n) is 4.26. The maximum absolute atomic E-state index is 14.4. The van der Waals surface area contributed by atoms with E-state index >= 15 is 0 Å². The van der Waals surface area contributed by atoms with Crippen molar-refractivity contribution in [2.45, 2.75) is 12.6 Å². The molecule has 0 fully saturated rings. The summed E-state index contributed by atoms with van der Waals surface area (Å²) in [7, 11) is 0. The Labute approximate surface area is 254 Å². The van der Waals surface area contributed by atoms with Crippen LogP contribution in [0.4, 0.5) is 21.5 Å². The predicted molar refractivity (Wildman–Crippen MR) is 158 cm³/mol. The van der Waals surface area contributed by atoms with Gasteiger partial charge in [0.05, 0.1) is 11.3 Å². The molecule has 3 aromatic carbocycles. The number of hydrogen-bond donors (Lipinski definition) is 7. The van der Waals surface area contributed by atoms with Crippen molar-refractivity contribution in [3.05, 3.63) is 108 Å². The van der Waals surface area contributed by atoms with Crippen LogP contribution >= 0.6 is 12.2 Å². The van der Waals surface area contributed by atoms with Crippen LogP contribution in [0, 0.1) is 10.6 Å². The monoisotopic (exact) mass is 633 g/mol. The van der Waals surface area contributed by atoms with Crippen molar-refractivity contribution in [1.29, 1.82) is 0 Å². The third-order valence-electron chi connectivity index (χ3n) is 6.60. The van der Waals surface area contributed by atoms with Gasteiger partial charge in [-0.1, -0.05) is 18.2 Å². The Hall–Kier alpha value is -6.30. The number of fused-ring (bicyclic) bond motifs is 1. The number of hydrogen-bond acceptors (Lipinski definition) is 11. The molecule has 0 saturated heterocycles. The molecule has 2 aromatic heterocycles. The van der Waals surface area contributed by atoms with Crippen molar-refractivity contribution >= 4 is 58.7 Å². The highest BCUT2D eigenvalue weighted by molar-refractivity contribution is 7.71. The van der Waals surface area contributed by atoms with Gasteiger partial charge >= 0.3 is 5.97 Å². The van der Waals surface area contributed by atoms with E-state index in [0.29, 0.717) is 5.56 Å². The standard InChI is InChI=1S/C27H20FN9O7S/c28-13-6-1-10(7-14(13)32-19-17(29)20(38)21(19)39)9-31-24(42)16-8-15(33-26-35-36-27(45)37(16)26)23(41)34-18(22(30)40)11-2-4-12(5-3-11)25(43)44/h1-8,18,32H,9,29H2,(H2,30,40)(H,31,42)(H,34,41)(H,36,45)(H,43,44)/t18-/m1/s1. The number of rotatable bonds is 10. The Balaban J connectivity index is 1.38. The van der Waals surface area contributed by atoms with Gasteiger partial charge in [0.1, 0.15) is 34.6 Å². The maximum atomic E-state index is 14.4. The normalized spacial score (nSPS) is 11.7. The minimum atomic E-state index is -1.38. The zero-order chi connectivity index (χ0) is 32.6. The number of carbonyl (C=O) groups is 4. The molecular formula is C27H20FN9O7S. The summed E-state index contributed by atoms with van der Waals surface area (Å²) < 4.78 is 15.5. The molecule has 3 amide bonds. The molecule has 0 saturated carbocycles. The van der Waals surface area contributed by atoms with Crippen LogP contribution in [0.2, 0.25) is 0 Å². The highest BCUT2D eigenvalue weighted by atomic mass is 32.1. The first-order valence-corrected chi connectivity index (χ1v) is 13.1. The molecule has 228 valence electrons. The van der Waals surface area contributed by atoms with Crippen molar-refractivity contribution in [3.8, 4) is 0 Å². The van der Waals surface area contributed by atoms with Crippen molar-refractivity contribution in [2.75, 3.05) is 11.1 Å². The zero-order valence-electron chi connectivity index (χ0n) is 22.6. The second-order valence-corrected chi connectivity index (χ2v) is 9.88. The summed E-state index contributed by atoms with van der Waals surface area (Å²) in [6.07, 6.45) is 0. The van der Waals surface area contributed by atoms with E-state index in [1.54, 1.807) is 0 Å². The number of H-pyrrole nitrogens is 1. The van der Waals surface area contributed by atoms with Crippen LogP contribution in [0.3, 0.4) is 0 Å². The molecular weight excluding hydrogens is 613 g/mol. The number of nitrogens with two attached hydrogens (primary N) is 2. The first-order valence-electron chi connectivity index (χ1n) is 12.7. The molecule has 0 bridgehead atoms. The van der Waals surface area contributed by atoms with Gasteiger partial charge in [-0.3, -0.25) is 24.0 Å². The van der Waals surface area contributed by atoms with Gasteiger partial charge in [-0.2, -0.15) is 0 Å². The van der Waals surface area contributed by atoms with Crippen LogP contribution in [0.1, 0.15) is 48.5 Å². The molecule has 2 heterocycles. The summed E-state index contributed by atoms with van der Waals surface area (Å²) in [5.41, 5.74) is 8.49. The number of carbonyl (C=O) groups excluding carboxylic acids is 3. The Morgan fingerprint density at radius 2 is 1.76 bits per heavy atom. The Morgan fingerprint density at radius 1 is 1.04 bits per heavy atom. The average molecular weight is 634 g/mol. The van der Waals surface area contributed by atoms with Gasteiger partial charge in [-0.15, -0.1) is 5.10 Å². The summed E-state index contributed by atoms with van der Waals surface area (Å²) in [5, 5.41) is 23.0. The second kappa shape index (κ2) is 11.8. The molecule has 16 nitrogen and oxygen atoms in total. The fraction of sp³-hybridized carbons (Fsp3) is 0.0741. The summed E-state index contributed by atoms with van der Waals surface area (Å²) in [5.74, 6) is -4.72. The van der Waals surface area contributed by atoms with E-state index in [-0.39, 0.29) is 56.7 Å². The predicted octanol–water partition coefficient (Wildman–Crippen LogP) is 0.432. The molecule has 1 atom stereocenters. The van der Waals surface area contributed by atoms with Gasteiger partial charge in [0, 0.05) is 6.54 Å². The SMILES string of the molecule is NC(=O)[C@H](NC(=O)c1cc(C(=O)NCc2ccc(F)c(Nc3c(N)c(=O)c3=O)c2)n2c(=S)[nH]nc2n1)c1ccc(C(=O)O)cc1. The van der Waals surface area contributed by atoms with Gasteiger partial charge in [-0.05, 0) is 53.7 Å². The number of nitrogen functional groups attached to an aromatic ring is 1. The van der Waals surface area contributed by atoms with Crippen molar-refractivity contribution < 1.29 is 28.7 Å². The number of carboxylic acids is 1. The van der Waals surface area contributed by atoms with E-state index in [0.717, 1.165) is 16.5 Å². The lowest BCUT2D eigenvalue weighted by Crippen LogP contribution is -2.38. The molecule has 0 radical (unpaired) electrons. The molecule has 5 aromatic rings. The quantitative estimate of drug-likeness (QED) is 0.0816. The van der Waals surface area contributed by atoms with Crippen LogP contribution in [0.25, 0.3) is 5.78 Å². The number of nitrogens with zero attached hydrogens (tertiary/aromatic N) is 3. The molecule has 9 N–H and O–H groups in total. The zero-order valence-corrected chi connectivity index (χ0v) is 23.4. The highest BCUT2D eigenvalue weighted by Crippen LogP contribution is 2.23. The van der Waals surface area contributed by atoms with Gasteiger partial charge < -0.3 is 32.5 Å². The van der Waals surface area contributed by atoms with E-state index in [2.05, 4.69) is 31.1 Å². The number of aromatic amines is 1. The van der Waals surface area contributed by atoms with Crippen molar-refractivity contribution in [1.82, 2.24) is 30.2 Å². The Bertz CT molecular complexity index is 2170. The minimum absolute atomic E-state index is 0.0259. The smallest absolute Gasteiger partial charge is 0.335 e. The van der Waals surface area contributed by atoms with E-state index in [9.17, 15) is 33.2 Å². The summed E-state index contributed by atoms with van der Waals surface area (Å²) in [6, 6.07) is 8.55. The number of amides is 3. The van der Waals surface area contributed by atoms with Crippen LogP contribution < -0.4 is 38.3 Å². The van der Waals surface area contributed by atoms with E-state index in [1.807, 2.05) is 0 Å². The summed E-state index contributed by atoms with van der Waals surface area (Å²) in [4.78, 5) is 77.0. The summed E-state index contributed by atoms with van der Waals surface area (Å²) >= 11 is 5.20. The van der Waals surface area contributed by atoms with Crippen molar-refractivity contribution in [3.63, 3.8) is 0 Å². The van der Waals surface area contributed by atoms with Gasteiger partial charge in [-0.25, -0.2) is 23.7 Å². The number of aromatic carboxylic acids is 1. The first kappa shape index (κ1) is 30.2. The first-order chi connectivity index (χ1) is 21.3. The average Bonchev–Trinajstić information content (AvgIpc) is 3.41. The minimum Gasteiger partial charge on any atom is -0.478 e. The maximum Gasteiger partial charge on any atom is 0.335 e. The molecule has 18 heteroatoms. The molecule has 0 aliphatic heterocycles. The molecule has 45 heavy (non-hydrogen) atoms. The number of anilines is 3. The van der Waals surface area contributed by atoms with Gasteiger partial charge in [0.25, 0.3) is 28.4 Å². The molecule has 0 aliphatic rings. The number of primary amides is 1. The van der Waals surface area contributed by atoms with Gasteiger partial charge in [0.15, 0.2) is 0 Å².